The van der Waals surface area contributed by atoms with Gasteiger partial charge in [-0.15, -0.1) is 0 Å². The van der Waals surface area contributed by atoms with Crippen molar-refractivity contribution in [1.82, 2.24) is 10.3 Å². The van der Waals surface area contributed by atoms with E-state index < -0.39 is 0 Å². The van der Waals surface area contributed by atoms with E-state index in [4.69, 9.17) is 4.74 Å². The van der Waals surface area contributed by atoms with Gasteiger partial charge in [-0.2, -0.15) is 0 Å². The first-order valence-corrected chi connectivity index (χ1v) is 8.99. The van der Waals surface area contributed by atoms with Crippen LogP contribution in [0.2, 0.25) is 0 Å². The lowest BCUT2D eigenvalue weighted by molar-refractivity contribution is -0.120. The fourth-order valence-electron chi connectivity index (χ4n) is 3.23. The summed E-state index contributed by atoms with van der Waals surface area (Å²) in [6, 6.07) is 13.4. The van der Waals surface area contributed by atoms with Gasteiger partial charge in [0.2, 0.25) is 5.91 Å². The fourth-order valence-corrected chi connectivity index (χ4v) is 3.23. The minimum atomic E-state index is -0.100. The second kappa shape index (κ2) is 8.08. The van der Waals surface area contributed by atoms with Gasteiger partial charge in [0.1, 0.15) is 5.75 Å². The highest BCUT2D eigenvalue weighted by molar-refractivity contribution is 5.83. The topological polar surface area (TPSA) is 71.2 Å². The number of hydrogen-bond acceptors (Lipinski definition) is 3. The third-order valence-electron chi connectivity index (χ3n) is 4.63. The molecule has 27 heavy (non-hydrogen) atoms. The van der Waals surface area contributed by atoms with E-state index in [2.05, 4.69) is 16.4 Å². The van der Waals surface area contributed by atoms with Crippen molar-refractivity contribution in [2.45, 2.75) is 26.7 Å². The Balaban J connectivity index is 1.61. The maximum atomic E-state index is 12.3. The molecule has 0 fully saturated rings. The minimum Gasteiger partial charge on any atom is -0.497 e. The van der Waals surface area contributed by atoms with Crippen LogP contribution in [0.3, 0.4) is 0 Å². The van der Waals surface area contributed by atoms with E-state index in [1.165, 1.54) is 0 Å². The van der Waals surface area contributed by atoms with E-state index >= 15 is 0 Å². The molecule has 5 heteroatoms. The highest BCUT2D eigenvalue weighted by Gasteiger charge is 2.08. The molecular weight excluding hydrogens is 340 g/mol. The molecule has 0 bridgehead atoms. The van der Waals surface area contributed by atoms with Crippen LogP contribution in [-0.2, 0) is 17.6 Å². The third kappa shape index (κ3) is 4.56. The molecule has 0 spiro atoms. The molecule has 0 atom stereocenters. The number of pyridine rings is 1. The van der Waals surface area contributed by atoms with E-state index in [9.17, 15) is 9.59 Å². The number of aryl methyl sites for hydroxylation is 2. The highest BCUT2D eigenvalue weighted by atomic mass is 16.5. The summed E-state index contributed by atoms with van der Waals surface area (Å²) in [6.07, 6.45) is 0.795. The van der Waals surface area contributed by atoms with Crippen LogP contribution >= 0.6 is 0 Å². The largest absolute Gasteiger partial charge is 0.497 e. The lowest BCUT2D eigenvalue weighted by Crippen LogP contribution is -2.28. The Hall–Kier alpha value is -3.08. The molecule has 0 unspecified atom stereocenters. The Morgan fingerprint density at radius 3 is 2.56 bits per heavy atom. The zero-order valence-electron chi connectivity index (χ0n) is 15.9. The van der Waals surface area contributed by atoms with Crippen molar-refractivity contribution in [3.05, 3.63) is 75.1 Å². The number of rotatable bonds is 6. The number of aromatic nitrogens is 1. The van der Waals surface area contributed by atoms with Crippen LogP contribution in [0.25, 0.3) is 10.9 Å². The summed E-state index contributed by atoms with van der Waals surface area (Å²) in [4.78, 5) is 27.4. The molecule has 0 aliphatic carbocycles. The van der Waals surface area contributed by atoms with E-state index in [1.807, 2.05) is 50.2 Å². The molecule has 0 saturated heterocycles. The van der Waals surface area contributed by atoms with Crippen LogP contribution in [0.15, 0.2) is 47.3 Å². The summed E-state index contributed by atoms with van der Waals surface area (Å²) in [5, 5.41) is 3.93. The molecule has 3 rings (SSSR count). The first kappa shape index (κ1) is 18.7. The molecule has 2 N–H and O–H groups in total. The molecule has 3 aromatic rings. The second-order valence-electron chi connectivity index (χ2n) is 6.79. The molecule has 2 aromatic carbocycles. The molecule has 0 aliphatic rings. The molecule has 5 nitrogen and oxygen atoms in total. The summed E-state index contributed by atoms with van der Waals surface area (Å²) < 4.78 is 5.11. The van der Waals surface area contributed by atoms with Gasteiger partial charge in [-0.05, 0) is 61.2 Å². The zero-order chi connectivity index (χ0) is 19.4. The number of ether oxygens (including phenoxy) is 1. The number of amides is 1. The van der Waals surface area contributed by atoms with Crippen LogP contribution in [0.5, 0.6) is 5.75 Å². The SMILES string of the molecule is COc1ccc(CC(=O)NCCc2cc3c(C)cc(C)cc3[nH]c2=O)cc1. The maximum absolute atomic E-state index is 12.3. The quantitative estimate of drug-likeness (QED) is 0.706. The van der Waals surface area contributed by atoms with Gasteiger partial charge in [-0.25, -0.2) is 0 Å². The zero-order valence-corrected chi connectivity index (χ0v) is 15.9. The van der Waals surface area contributed by atoms with Gasteiger partial charge >= 0.3 is 0 Å². The van der Waals surface area contributed by atoms with Crippen LogP contribution in [0, 0.1) is 13.8 Å². The number of aromatic amines is 1. The van der Waals surface area contributed by atoms with Crippen LogP contribution < -0.4 is 15.6 Å². The van der Waals surface area contributed by atoms with Crippen molar-refractivity contribution in [3.8, 4) is 5.75 Å². The van der Waals surface area contributed by atoms with Crippen molar-refractivity contribution >= 4 is 16.8 Å². The summed E-state index contributed by atoms with van der Waals surface area (Å²) in [5.41, 5.74) is 4.60. The van der Waals surface area contributed by atoms with Gasteiger partial charge in [0.05, 0.1) is 13.5 Å². The van der Waals surface area contributed by atoms with Gasteiger partial charge in [0.25, 0.3) is 5.56 Å². The highest BCUT2D eigenvalue weighted by Crippen LogP contribution is 2.18. The van der Waals surface area contributed by atoms with E-state index in [0.29, 0.717) is 24.9 Å². The summed E-state index contributed by atoms with van der Waals surface area (Å²) in [5.74, 6) is 0.698. The first-order chi connectivity index (χ1) is 13.0. The smallest absolute Gasteiger partial charge is 0.251 e. The van der Waals surface area contributed by atoms with Crippen molar-refractivity contribution in [3.63, 3.8) is 0 Å². The van der Waals surface area contributed by atoms with Gasteiger partial charge in [0, 0.05) is 23.0 Å². The minimum absolute atomic E-state index is 0.0656. The van der Waals surface area contributed by atoms with Gasteiger partial charge in [-0.1, -0.05) is 18.2 Å². The van der Waals surface area contributed by atoms with Crippen LogP contribution in [0.4, 0.5) is 0 Å². The average molecular weight is 364 g/mol. The molecular formula is C22H24N2O3. The number of H-pyrrole nitrogens is 1. The number of carbonyl (C=O) groups excluding carboxylic acids is 1. The standard InChI is InChI=1S/C22H24N2O3/c1-14-10-15(2)19-13-17(22(26)24-20(19)11-14)8-9-23-21(25)12-16-4-6-18(27-3)7-5-16/h4-7,10-11,13H,8-9,12H2,1-3H3,(H,23,25)(H,24,26). The fraction of sp³-hybridized carbons (Fsp3) is 0.273. The van der Waals surface area contributed by atoms with Crippen molar-refractivity contribution in [2.75, 3.05) is 13.7 Å². The monoisotopic (exact) mass is 364 g/mol. The molecule has 1 heterocycles. The van der Waals surface area contributed by atoms with E-state index in [0.717, 1.165) is 33.3 Å². The Kier molecular flexibility index (Phi) is 5.60. The Morgan fingerprint density at radius 2 is 1.85 bits per heavy atom. The number of benzene rings is 2. The van der Waals surface area contributed by atoms with E-state index in [1.54, 1.807) is 7.11 Å². The molecule has 140 valence electrons. The predicted octanol–water partition coefficient (Wildman–Crippen LogP) is 3.05. The predicted molar refractivity (Wildman–Crippen MR) is 107 cm³/mol. The lowest BCUT2D eigenvalue weighted by atomic mass is 10.0. The molecule has 0 saturated carbocycles. The summed E-state index contributed by atoms with van der Waals surface area (Å²) in [6.45, 7) is 4.47. The van der Waals surface area contributed by atoms with Crippen molar-refractivity contribution in [2.24, 2.45) is 0 Å². The maximum Gasteiger partial charge on any atom is 0.251 e. The Bertz CT molecular complexity index is 1020. The van der Waals surface area contributed by atoms with Crippen molar-refractivity contribution in [1.29, 1.82) is 0 Å². The number of fused-ring (bicyclic) bond motifs is 1. The number of methoxy groups -OCH3 is 1. The first-order valence-electron chi connectivity index (χ1n) is 8.99. The normalized spacial score (nSPS) is 10.8. The van der Waals surface area contributed by atoms with Crippen LogP contribution in [0.1, 0.15) is 22.3 Å². The Labute approximate surface area is 158 Å². The van der Waals surface area contributed by atoms with Gasteiger partial charge in [0.15, 0.2) is 0 Å². The lowest BCUT2D eigenvalue weighted by Gasteiger charge is -2.08. The third-order valence-corrected chi connectivity index (χ3v) is 4.63. The van der Waals surface area contributed by atoms with E-state index in [-0.39, 0.29) is 11.5 Å². The number of carbonyl (C=O) groups is 1. The molecule has 1 aromatic heterocycles. The molecule has 0 aliphatic heterocycles. The number of hydrogen-bond donors (Lipinski definition) is 2. The molecule has 0 radical (unpaired) electrons. The summed E-state index contributed by atoms with van der Waals surface area (Å²) in [7, 11) is 1.61. The van der Waals surface area contributed by atoms with Crippen molar-refractivity contribution < 1.29 is 9.53 Å². The molecule has 1 amide bonds. The average Bonchev–Trinajstić information content (AvgIpc) is 2.63. The Morgan fingerprint density at radius 1 is 1.11 bits per heavy atom. The summed E-state index contributed by atoms with van der Waals surface area (Å²) >= 11 is 0. The second-order valence-corrected chi connectivity index (χ2v) is 6.79. The van der Waals surface area contributed by atoms with Gasteiger partial charge in [-0.3, -0.25) is 9.59 Å². The number of nitrogens with one attached hydrogen (secondary N) is 2. The van der Waals surface area contributed by atoms with Gasteiger partial charge < -0.3 is 15.0 Å². The van der Waals surface area contributed by atoms with Crippen LogP contribution in [-0.4, -0.2) is 24.5 Å².